The fraction of sp³-hybridized carbons (Fsp3) is 0.760. The summed E-state index contributed by atoms with van der Waals surface area (Å²) in [6.07, 6.45) is 2.18. The summed E-state index contributed by atoms with van der Waals surface area (Å²) >= 11 is 0. The highest BCUT2D eigenvalue weighted by atomic mass is 35.5. The molecule has 1 heterocycles. The van der Waals surface area contributed by atoms with Crippen molar-refractivity contribution in [2.24, 2.45) is 22.7 Å². The fourth-order valence-corrected chi connectivity index (χ4v) is 9.28. The van der Waals surface area contributed by atoms with Gasteiger partial charge >= 0.3 is 0 Å². The van der Waals surface area contributed by atoms with Gasteiger partial charge in [0.25, 0.3) is 0 Å². The van der Waals surface area contributed by atoms with Crippen molar-refractivity contribution in [1.82, 2.24) is 9.21 Å². The number of benzene rings is 1. The lowest BCUT2D eigenvalue weighted by molar-refractivity contribution is -0.0703. The summed E-state index contributed by atoms with van der Waals surface area (Å²) in [6.45, 7) is 5.33. The molecule has 2 saturated carbocycles. The molecule has 34 heavy (non-hydrogen) atoms. The lowest BCUT2D eigenvalue weighted by Gasteiger charge is -2.47. The molecule has 4 rings (SSSR count). The standard InChI is InChI=1S/C25H40N2O5S.ClH/c1-23(2)18-9-10-24(23,22(28)14-18)17-33(30,31)27-12-11-25(29,20(16-27)15-26(3)4)19-7-6-8-21(13-19)32-5;/h6-8,13,18,20,22,28-29H,9-12,14-17H2,1-5H3;1H/t18-,20?,22?,24-,25?;/m1./s1. The second kappa shape index (κ2) is 9.52. The monoisotopic (exact) mass is 516 g/mol. The van der Waals surface area contributed by atoms with Crippen LogP contribution in [0.4, 0.5) is 0 Å². The molecule has 7 nitrogen and oxygen atoms in total. The number of methoxy groups -OCH3 is 1. The normalized spacial score (nSPS) is 35.4. The van der Waals surface area contributed by atoms with Gasteiger partial charge in [-0.15, -0.1) is 12.4 Å². The second-order valence-electron chi connectivity index (χ2n) is 11.3. The van der Waals surface area contributed by atoms with Gasteiger partial charge in [0.1, 0.15) is 5.75 Å². The lowest BCUT2D eigenvalue weighted by Crippen LogP contribution is -2.56. The van der Waals surface area contributed by atoms with Gasteiger partial charge in [-0.05, 0) is 68.8 Å². The molecular formula is C25H41ClN2O5S. The Morgan fingerprint density at radius 1 is 1.24 bits per heavy atom. The van der Waals surface area contributed by atoms with Crippen molar-refractivity contribution in [3.63, 3.8) is 0 Å². The van der Waals surface area contributed by atoms with E-state index in [2.05, 4.69) is 13.8 Å². The number of halogens is 1. The number of ether oxygens (including phenoxy) is 1. The van der Waals surface area contributed by atoms with Gasteiger partial charge in [0.05, 0.1) is 24.6 Å². The highest BCUT2D eigenvalue weighted by Crippen LogP contribution is 2.66. The highest BCUT2D eigenvalue weighted by Gasteiger charge is 2.65. The number of sulfonamides is 1. The molecular weight excluding hydrogens is 476 g/mol. The zero-order valence-corrected chi connectivity index (χ0v) is 22.7. The van der Waals surface area contributed by atoms with Crippen molar-refractivity contribution >= 4 is 22.4 Å². The van der Waals surface area contributed by atoms with Crippen LogP contribution in [0.3, 0.4) is 0 Å². The molecule has 5 atom stereocenters. The Bertz CT molecular complexity index is 987. The summed E-state index contributed by atoms with van der Waals surface area (Å²) in [4.78, 5) is 2.00. The molecule has 2 bridgehead atoms. The van der Waals surface area contributed by atoms with Gasteiger partial charge in [-0.25, -0.2) is 12.7 Å². The number of aliphatic hydroxyl groups is 2. The molecule has 2 N–H and O–H groups in total. The van der Waals surface area contributed by atoms with E-state index in [1.165, 1.54) is 0 Å². The molecule has 194 valence electrons. The van der Waals surface area contributed by atoms with Crippen molar-refractivity contribution < 1.29 is 23.4 Å². The van der Waals surface area contributed by atoms with Gasteiger partial charge in [0.2, 0.25) is 10.0 Å². The van der Waals surface area contributed by atoms with E-state index in [0.717, 1.165) is 18.4 Å². The Balaban J connectivity index is 0.00000324. The van der Waals surface area contributed by atoms with Crippen LogP contribution in [0, 0.1) is 22.7 Å². The molecule has 1 saturated heterocycles. The lowest BCUT2D eigenvalue weighted by atomic mass is 9.70. The molecule has 1 aromatic rings. The predicted octanol–water partition coefficient (Wildman–Crippen LogP) is 2.71. The van der Waals surface area contributed by atoms with Crippen molar-refractivity contribution in [2.45, 2.75) is 51.2 Å². The Morgan fingerprint density at radius 3 is 2.50 bits per heavy atom. The molecule has 3 fully saturated rings. The van der Waals surface area contributed by atoms with E-state index < -0.39 is 27.1 Å². The highest BCUT2D eigenvalue weighted by molar-refractivity contribution is 7.89. The summed E-state index contributed by atoms with van der Waals surface area (Å²) in [7, 11) is 1.87. The fourth-order valence-electron chi connectivity index (χ4n) is 6.96. The van der Waals surface area contributed by atoms with Crippen molar-refractivity contribution in [3.8, 4) is 5.75 Å². The molecule has 2 aliphatic carbocycles. The van der Waals surface area contributed by atoms with Gasteiger partial charge in [0, 0.05) is 31.0 Å². The first-order chi connectivity index (χ1) is 15.4. The van der Waals surface area contributed by atoms with Crippen LogP contribution in [-0.2, 0) is 15.6 Å². The van der Waals surface area contributed by atoms with Crippen molar-refractivity contribution in [1.29, 1.82) is 0 Å². The molecule has 0 amide bonds. The van der Waals surface area contributed by atoms with Crippen LogP contribution in [0.15, 0.2) is 24.3 Å². The third-order valence-electron chi connectivity index (χ3n) is 9.22. The molecule has 3 aliphatic rings. The summed E-state index contributed by atoms with van der Waals surface area (Å²) < 4.78 is 34.4. The van der Waals surface area contributed by atoms with Crippen molar-refractivity contribution in [3.05, 3.63) is 29.8 Å². The first-order valence-electron chi connectivity index (χ1n) is 12.0. The molecule has 0 aromatic heterocycles. The summed E-state index contributed by atoms with van der Waals surface area (Å²) in [6, 6.07) is 7.45. The largest absolute Gasteiger partial charge is 0.497 e. The second-order valence-corrected chi connectivity index (χ2v) is 13.3. The smallest absolute Gasteiger partial charge is 0.214 e. The molecule has 1 aromatic carbocycles. The van der Waals surface area contributed by atoms with Crippen LogP contribution in [0.25, 0.3) is 0 Å². The first-order valence-corrected chi connectivity index (χ1v) is 13.6. The first kappa shape index (κ1) is 27.7. The number of hydrogen-bond donors (Lipinski definition) is 2. The number of nitrogens with zero attached hydrogens (tertiary/aromatic N) is 2. The number of piperidine rings is 1. The van der Waals surface area contributed by atoms with Crippen LogP contribution in [-0.4, -0.2) is 80.5 Å². The topological polar surface area (TPSA) is 90.3 Å². The zero-order chi connectivity index (χ0) is 24.2. The van der Waals surface area contributed by atoms with Gasteiger partial charge in [-0.1, -0.05) is 26.0 Å². The zero-order valence-electron chi connectivity index (χ0n) is 21.0. The quantitative estimate of drug-likeness (QED) is 0.579. The maximum absolute atomic E-state index is 13.7. The van der Waals surface area contributed by atoms with Gasteiger partial charge in [0.15, 0.2) is 0 Å². The van der Waals surface area contributed by atoms with E-state index in [-0.39, 0.29) is 42.6 Å². The minimum atomic E-state index is -3.61. The maximum atomic E-state index is 13.7. The SMILES string of the molecule is COc1cccc(C2(O)CCN(S(=O)(=O)C[C@]34CC[C@H](CC3O)C4(C)C)CC2CN(C)C)c1.Cl. The van der Waals surface area contributed by atoms with Gasteiger partial charge in [-0.2, -0.15) is 0 Å². The van der Waals surface area contributed by atoms with Crippen LogP contribution < -0.4 is 4.74 Å². The maximum Gasteiger partial charge on any atom is 0.214 e. The van der Waals surface area contributed by atoms with Crippen molar-refractivity contribution in [2.75, 3.05) is 46.6 Å². The van der Waals surface area contributed by atoms with Gasteiger partial charge < -0.3 is 19.8 Å². The van der Waals surface area contributed by atoms with E-state index in [4.69, 9.17) is 4.74 Å². The van der Waals surface area contributed by atoms with Gasteiger partial charge in [-0.3, -0.25) is 0 Å². The number of hydrogen-bond acceptors (Lipinski definition) is 6. The average Bonchev–Trinajstić information content (AvgIpc) is 3.09. The number of aliphatic hydroxyl groups excluding tert-OH is 1. The van der Waals surface area contributed by atoms with E-state index in [1.54, 1.807) is 11.4 Å². The van der Waals surface area contributed by atoms with Crippen LogP contribution >= 0.6 is 12.4 Å². The van der Waals surface area contributed by atoms with E-state index in [9.17, 15) is 18.6 Å². The van der Waals surface area contributed by atoms with E-state index in [1.807, 2.05) is 43.3 Å². The van der Waals surface area contributed by atoms with E-state index >= 15 is 0 Å². The number of fused-ring (bicyclic) bond motifs is 2. The summed E-state index contributed by atoms with van der Waals surface area (Å²) in [5.41, 5.74) is -1.17. The molecule has 3 unspecified atom stereocenters. The summed E-state index contributed by atoms with van der Waals surface area (Å²) in [5, 5.41) is 22.7. The molecule has 0 spiro atoms. The Hall–Kier alpha value is -0.900. The van der Waals surface area contributed by atoms with Crippen LogP contribution in [0.5, 0.6) is 5.75 Å². The Labute approximate surface area is 210 Å². The third kappa shape index (κ3) is 4.39. The van der Waals surface area contributed by atoms with Crippen LogP contribution in [0.1, 0.15) is 45.1 Å². The average molecular weight is 517 g/mol. The summed E-state index contributed by atoms with van der Waals surface area (Å²) in [5.74, 6) is 0.741. The Morgan fingerprint density at radius 2 is 1.94 bits per heavy atom. The Kier molecular flexibility index (Phi) is 7.75. The minimum Gasteiger partial charge on any atom is -0.497 e. The third-order valence-corrected chi connectivity index (χ3v) is 11.2. The minimum absolute atomic E-state index is 0. The predicted molar refractivity (Wildman–Crippen MR) is 136 cm³/mol. The van der Waals surface area contributed by atoms with Crippen LogP contribution in [0.2, 0.25) is 0 Å². The molecule has 9 heteroatoms. The molecule has 0 radical (unpaired) electrons. The van der Waals surface area contributed by atoms with E-state index in [0.29, 0.717) is 31.1 Å². The molecule has 1 aliphatic heterocycles. The number of rotatable bonds is 7.